The molecule has 2 aliphatic heterocycles. The van der Waals surface area contributed by atoms with Gasteiger partial charge >= 0.3 is 0 Å². The normalized spacial score (nSPS) is 32.8. The maximum absolute atomic E-state index is 3.91. The van der Waals surface area contributed by atoms with Gasteiger partial charge in [-0.1, -0.05) is 0 Å². The van der Waals surface area contributed by atoms with Crippen LogP contribution in [0.1, 0.15) is 38.5 Å². The second-order valence-electron chi connectivity index (χ2n) is 6.79. The van der Waals surface area contributed by atoms with Crippen LogP contribution in [-0.2, 0) is 0 Å². The summed E-state index contributed by atoms with van der Waals surface area (Å²) in [7, 11) is 2.26. The summed E-state index contributed by atoms with van der Waals surface area (Å²) in [5.41, 5.74) is 0. The number of nitrogens with zero attached hydrogens (tertiary/aromatic N) is 2. The van der Waals surface area contributed by atoms with Gasteiger partial charge in [-0.3, -0.25) is 0 Å². The Kier molecular flexibility index (Phi) is 4.22. The summed E-state index contributed by atoms with van der Waals surface area (Å²) in [6.45, 7) is 6.59. The van der Waals surface area contributed by atoms with E-state index in [1.165, 1.54) is 71.2 Å². The van der Waals surface area contributed by atoms with Crippen LogP contribution in [-0.4, -0.2) is 61.7 Å². The molecular weight excluding hydrogens is 222 g/mol. The lowest BCUT2D eigenvalue weighted by molar-refractivity contribution is 0.162. The number of likely N-dealkylation sites (N-methyl/N-ethyl adjacent to an activating group) is 1. The van der Waals surface area contributed by atoms with E-state index in [0.717, 1.165) is 18.0 Å². The Bertz CT molecular complexity index is 256. The molecule has 104 valence electrons. The predicted molar refractivity (Wildman–Crippen MR) is 75.8 cm³/mol. The zero-order valence-corrected chi connectivity index (χ0v) is 11.9. The number of rotatable bonds is 4. The molecule has 0 aromatic rings. The van der Waals surface area contributed by atoms with Gasteiger partial charge in [0.25, 0.3) is 0 Å². The van der Waals surface area contributed by atoms with Crippen LogP contribution in [0.15, 0.2) is 0 Å². The number of hydrogen-bond acceptors (Lipinski definition) is 3. The second-order valence-corrected chi connectivity index (χ2v) is 6.79. The number of likely N-dealkylation sites (tertiary alicyclic amines) is 2. The number of piperidine rings is 2. The largest absolute Gasteiger partial charge is 0.310 e. The smallest absolute Gasteiger partial charge is 0.0197 e. The molecule has 3 nitrogen and oxygen atoms in total. The first-order chi connectivity index (χ1) is 8.79. The van der Waals surface area contributed by atoms with E-state index in [-0.39, 0.29) is 0 Å². The highest BCUT2D eigenvalue weighted by atomic mass is 15.2. The molecule has 0 aromatic carbocycles. The van der Waals surface area contributed by atoms with E-state index in [1.807, 2.05) is 0 Å². The molecule has 0 amide bonds. The van der Waals surface area contributed by atoms with Gasteiger partial charge in [0.1, 0.15) is 0 Å². The van der Waals surface area contributed by atoms with Crippen LogP contribution in [0.4, 0.5) is 0 Å². The first-order valence-corrected chi connectivity index (χ1v) is 7.96. The van der Waals surface area contributed by atoms with Crippen LogP contribution in [0.5, 0.6) is 0 Å². The highest BCUT2D eigenvalue weighted by Crippen LogP contribution is 2.30. The van der Waals surface area contributed by atoms with Crippen molar-refractivity contribution >= 4 is 0 Å². The van der Waals surface area contributed by atoms with Gasteiger partial charge < -0.3 is 15.1 Å². The van der Waals surface area contributed by atoms with Crippen molar-refractivity contribution in [1.82, 2.24) is 15.1 Å². The lowest BCUT2D eigenvalue weighted by atomic mass is 10.00. The third-order valence-electron chi connectivity index (χ3n) is 4.90. The summed E-state index contributed by atoms with van der Waals surface area (Å²) in [6, 6.07) is 1.54. The van der Waals surface area contributed by atoms with E-state index >= 15 is 0 Å². The lowest BCUT2D eigenvalue weighted by Crippen LogP contribution is -2.51. The monoisotopic (exact) mass is 251 g/mol. The molecule has 1 aliphatic carbocycles. The highest BCUT2D eigenvalue weighted by Gasteiger charge is 2.28. The topological polar surface area (TPSA) is 18.5 Å². The molecule has 1 saturated carbocycles. The van der Waals surface area contributed by atoms with E-state index < -0.39 is 0 Å². The van der Waals surface area contributed by atoms with E-state index in [0.29, 0.717) is 0 Å². The summed E-state index contributed by atoms with van der Waals surface area (Å²) in [4.78, 5) is 5.17. The van der Waals surface area contributed by atoms with Crippen LogP contribution in [0.3, 0.4) is 0 Å². The Labute approximate surface area is 112 Å². The molecule has 0 aromatic heterocycles. The standard InChI is InChI=1S/C15H29N3/c1-17-8-2-3-15(12-17)16-14-6-9-18(10-7-14)11-13-4-5-13/h13-16H,2-12H2,1H3/t15-/m0/s1. The van der Waals surface area contributed by atoms with Gasteiger partial charge in [0.2, 0.25) is 0 Å². The Morgan fingerprint density at radius 2 is 1.72 bits per heavy atom. The third-order valence-corrected chi connectivity index (χ3v) is 4.90. The Balaban J connectivity index is 1.36. The van der Waals surface area contributed by atoms with Gasteiger partial charge in [-0.05, 0) is 71.1 Å². The van der Waals surface area contributed by atoms with Gasteiger partial charge in [-0.25, -0.2) is 0 Å². The van der Waals surface area contributed by atoms with Crippen LogP contribution < -0.4 is 5.32 Å². The highest BCUT2D eigenvalue weighted by molar-refractivity contribution is 4.86. The first-order valence-electron chi connectivity index (χ1n) is 7.96. The molecule has 0 unspecified atom stereocenters. The van der Waals surface area contributed by atoms with Gasteiger partial charge in [-0.2, -0.15) is 0 Å². The fraction of sp³-hybridized carbons (Fsp3) is 1.00. The van der Waals surface area contributed by atoms with Crippen LogP contribution in [0, 0.1) is 5.92 Å². The van der Waals surface area contributed by atoms with Crippen LogP contribution in [0.2, 0.25) is 0 Å². The molecule has 18 heavy (non-hydrogen) atoms. The van der Waals surface area contributed by atoms with E-state index in [1.54, 1.807) is 0 Å². The number of hydrogen-bond donors (Lipinski definition) is 1. The molecule has 0 radical (unpaired) electrons. The predicted octanol–water partition coefficient (Wildman–Crippen LogP) is 1.54. The summed E-state index contributed by atoms with van der Waals surface area (Å²) < 4.78 is 0. The Hall–Kier alpha value is -0.120. The molecule has 2 heterocycles. The summed E-state index contributed by atoms with van der Waals surface area (Å²) in [5.74, 6) is 1.06. The average molecular weight is 251 g/mol. The summed E-state index contributed by atoms with van der Waals surface area (Å²) in [6.07, 6.45) is 8.47. The molecule has 3 fully saturated rings. The molecule has 0 bridgehead atoms. The molecule has 3 heteroatoms. The van der Waals surface area contributed by atoms with Gasteiger partial charge in [0, 0.05) is 25.2 Å². The van der Waals surface area contributed by atoms with Crippen molar-refractivity contribution in [2.75, 3.05) is 39.8 Å². The van der Waals surface area contributed by atoms with Crippen LogP contribution >= 0.6 is 0 Å². The molecule has 1 N–H and O–H groups in total. The van der Waals surface area contributed by atoms with Crippen molar-refractivity contribution in [3.63, 3.8) is 0 Å². The van der Waals surface area contributed by atoms with Gasteiger partial charge in [-0.15, -0.1) is 0 Å². The second kappa shape index (κ2) is 5.89. The van der Waals surface area contributed by atoms with E-state index in [9.17, 15) is 0 Å². The van der Waals surface area contributed by atoms with E-state index in [2.05, 4.69) is 22.2 Å². The fourth-order valence-electron chi connectivity index (χ4n) is 3.58. The molecule has 3 rings (SSSR count). The van der Waals surface area contributed by atoms with E-state index in [4.69, 9.17) is 0 Å². The summed E-state index contributed by atoms with van der Waals surface area (Å²) in [5, 5.41) is 3.91. The maximum atomic E-state index is 3.91. The van der Waals surface area contributed by atoms with Crippen molar-refractivity contribution in [1.29, 1.82) is 0 Å². The molecule has 1 atom stereocenters. The van der Waals surface area contributed by atoms with Crippen molar-refractivity contribution < 1.29 is 0 Å². The Morgan fingerprint density at radius 1 is 0.944 bits per heavy atom. The molecule has 3 aliphatic rings. The van der Waals surface area contributed by atoms with Gasteiger partial charge in [0.05, 0.1) is 0 Å². The summed E-state index contributed by atoms with van der Waals surface area (Å²) >= 11 is 0. The van der Waals surface area contributed by atoms with Crippen molar-refractivity contribution in [2.45, 2.75) is 50.6 Å². The minimum absolute atomic E-state index is 0.753. The third kappa shape index (κ3) is 3.69. The Morgan fingerprint density at radius 3 is 2.39 bits per heavy atom. The minimum atomic E-state index is 0.753. The SMILES string of the molecule is CN1CCC[C@H](NC2CCN(CC3CC3)CC2)C1. The zero-order valence-electron chi connectivity index (χ0n) is 11.9. The van der Waals surface area contributed by atoms with Crippen molar-refractivity contribution in [2.24, 2.45) is 5.92 Å². The minimum Gasteiger partial charge on any atom is -0.310 e. The zero-order chi connectivity index (χ0) is 12.4. The van der Waals surface area contributed by atoms with Crippen LogP contribution in [0.25, 0.3) is 0 Å². The first kappa shape index (κ1) is 12.9. The molecule has 0 spiro atoms. The molecular formula is C15H29N3. The van der Waals surface area contributed by atoms with Crippen molar-refractivity contribution in [3.05, 3.63) is 0 Å². The average Bonchev–Trinajstić information content (AvgIpc) is 3.16. The fourth-order valence-corrected chi connectivity index (χ4v) is 3.58. The van der Waals surface area contributed by atoms with Crippen molar-refractivity contribution in [3.8, 4) is 0 Å². The molecule has 2 saturated heterocycles. The quantitative estimate of drug-likeness (QED) is 0.818. The van der Waals surface area contributed by atoms with Gasteiger partial charge in [0.15, 0.2) is 0 Å². The number of nitrogens with one attached hydrogen (secondary N) is 1. The lowest BCUT2D eigenvalue weighted by Gasteiger charge is -2.37. The maximum Gasteiger partial charge on any atom is 0.0197 e.